The van der Waals surface area contributed by atoms with Crippen LogP contribution in [0.1, 0.15) is 44.7 Å². The summed E-state index contributed by atoms with van der Waals surface area (Å²) in [4.78, 5) is 13.0. The first-order valence-corrected chi connectivity index (χ1v) is 7.06. The predicted octanol–water partition coefficient (Wildman–Crippen LogP) is 2.85. The van der Waals surface area contributed by atoms with Crippen molar-refractivity contribution < 1.29 is 9.90 Å². The van der Waals surface area contributed by atoms with E-state index in [-0.39, 0.29) is 5.91 Å². The van der Waals surface area contributed by atoms with Gasteiger partial charge in [-0.15, -0.1) is 0 Å². The van der Waals surface area contributed by atoms with Crippen LogP contribution in [0.4, 0.5) is 0 Å². The molecule has 0 bridgehead atoms. The molecule has 1 aliphatic heterocycles. The first-order valence-electron chi connectivity index (χ1n) is 7.06. The second-order valence-corrected chi connectivity index (χ2v) is 4.90. The van der Waals surface area contributed by atoms with Gasteiger partial charge in [0.15, 0.2) is 0 Å². The number of nitrogens with zero attached hydrogens (tertiary/aromatic N) is 1. The maximum Gasteiger partial charge on any atom is 0.219 e. The van der Waals surface area contributed by atoms with Gasteiger partial charge < -0.3 is 10.0 Å². The van der Waals surface area contributed by atoms with Crippen LogP contribution in [0.15, 0.2) is 24.3 Å². The number of hydrogen-bond acceptors (Lipinski definition) is 2. The van der Waals surface area contributed by atoms with Crippen molar-refractivity contribution in [3.05, 3.63) is 35.4 Å². The van der Waals surface area contributed by atoms with Crippen LogP contribution in [0.2, 0.25) is 0 Å². The Kier molecular flexibility index (Phi) is 5.55. The average molecular weight is 263 g/mol. The molecule has 0 aromatic heterocycles. The summed E-state index contributed by atoms with van der Waals surface area (Å²) in [5.41, 5.74) is 1.39. The topological polar surface area (TPSA) is 40.5 Å². The highest BCUT2D eigenvalue weighted by molar-refractivity contribution is 5.73. The summed E-state index contributed by atoms with van der Waals surface area (Å²) in [5.74, 6) is 0.0935. The number of carbonyl (C=O) groups is 1. The molecular formula is C16H25NO2. The molecule has 19 heavy (non-hydrogen) atoms. The molecule has 1 saturated heterocycles. The van der Waals surface area contributed by atoms with Crippen molar-refractivity contribution in [2.24, 2.45) is 0 Å². The molecule has 1 aromatic carbocycles. The highest BCUT2D eigenvalue weighted by atomic mass is 16.3. The Balaban J connectivity index is 0.000000861. The van der Waals surface area contributed by atoms with Gasteiger partial charge in [-0.25, -0.2) is 0 Å². The smallest absolute Gasteiger partial charge is 0.219 e. The average Bonchev–Trinajstić information content (AvgIpc) is 2.42. The first-order chi connectivity index (χ1) is 9.01. The van der Waals surface area contributed by atoms with E-state index in [1.807, 2.05) is 45.0 Å². The number of benzene rings is 1. The summed E-state index contributed by atoms with van der Waals surface area (Å²) in [7, 11) is 0. The van der Waals surface area contributed by atoms with E-state index in [0.717, 1.165) is 5.56 Å². The van der Waals surface area contributed by atoms with Crippen LogP contribution in [0.5, 0.6) is 0 Å². The number of hydrogen-bond donors (Lipinski definition) is 1. The molecule has 1 aliphatic rings. The molecule has 0 radical (unpaired) electrons. The van der Waals surface area contributed by atoms with Crippen molar-refractivity contribution in [3.8, 4) is 0 Å². The molecule has 106 valence electrons. The largest absolute Gasteiger partial charge is 0.385 e. The summed E-state index contributed by atoms with van der Waals surface area (Å²) >= 11 is 0. The van der Waals surface area contributed by atoms with Gasteiger partial charge in [0.05, 0.1) is 5.60 Å². The zero-order valence-electron chi connectivity index (χ0n) is 12.4. The second kappa shape index (κ2) is 6.71. The molecule has 0 unspecified atom stereocenters. The normalized spacial score (nSPS) is 17.4. The Labute approximate surface area is 116 Å². The van der Waals surface area contributed by atoms with Crippen molar-refractivity contribution in [3.63, 3.8) is 0 Å². The van der Waals surface area contributed by atoms with Gasteiger partial charge >= 0.3 is 0 Å². The van der Waals surface area contributed by atoms with E-state index >= 15 is 0 Å². The minimum Gasteiger partial charge on any atom is -0.385 e. The molecule has 0 saturated carbocycles. The van der Waals surface area contributed by atoms with Crippen molar-refractivity contribution in [1.82, 2.24) is 4.90 Å². The second-order valence-electron chi connectivity index (χ2n) is 4.90. The van der Waals surface area contributed by atoms with E-state index in [2.05, 4.69) is 0 Å². The number of rotatable bonds is 1. The predicted molar refractivity (Wildman–Crippen MR) is 77.9 cm³/mol. The fourth-order valence-corrected chi connectivity index (χ4v) is 2.34. The van der Waals surface area contributed by atoms with Gasteiger partial charge in [0.25, 0.3) is 0 Å². The van der Waals surface area contributed by atoms with Gasteiger partial charge in [-0.2, -0.15) is 0 Å². The number of amides is 1. The van der Waals surface area contributed by atoms with Crippen molar-refractivity contribution in [2.45, 2.75) is 46.1 Å². The van der Waals surface area contributed by atoms with Crippen LogP contribution in [-0.4, -0.2) is 29.0 Å². The maximum absolute atomic E-state index is 11.2. The highest BCUT2D eigenvalue weighted by Gasteiger charge is 2.34. The number of piperidine rings is 1. The van der Waals surface area contributed by atoms with Crippen LogP contribution in [-0.2, 0) is 10.4 Å². The van der Waals surface area contributed by atoms with E-state index in [0.29, 0.717) is 25.9 Å². The third kappa shape index (κ3) is 3.80. The van der Waals surface area contributed by atoms with E-state index in [1.165, 1.54) is 5.56 Å². The molecule has 0 spiro atoms. The lowest BCUT2D eigenvalue weighted by Gasteiger charge is -2.38. The van der Waals surface area contributed by atoms with Crippen molar-refractivity contribution >= 4 is 5.91 Å². The lowest BCUT2D eigenvalue weighted by molar-refractivity contribution is -0.133. The molecule has 3 heteroatoms. The molecule has 2 rings (SSSR count). The quantitative estimate of drug-likeness (QED) is 0.846. The Morgan fingerprint density at radius 1 is 1.16 bits per heavy atom. The minimum absolute atomic E-state index is 0.0935. The molecule has 1 fully saturated rings. The Hall–Kier alpha value is -1.35. The molecule has 1 amide bonds. The lowest BCUT2D eigenvalue weighted by atomic mass is 9.84. The lowest BCUT2D eigenvalue weighted by Crippen LogP contribution is -2.44. The summed E-state index contributed by atoms with van der Waals surface area (Å²) in [6.45, 7) is 8.89. The number of likely N-dealkylation sites (tertiary alicyclic amines) is 1. The monoisotopic (exact) mass is 263 g/mol. The van der Waals surface area contributed by atoms with Crippen molar-refractivity contribution in [1.29, 1.82) is 0 Å². The van der Waals surface area contributed by atoms with E-state index in [1.54, 1.807) is 11.8 Å². The van der Waals surface area contributed by atoms with Gasteiger partial charge in [0.2, 0.25) is 5.91 Å². The summed E-state index contributed by atoms with van der Waals surface area (Å²) in [5, 5.41) is 10.6. The summed E-state index contributed by atoms with van der Waals surface area (Å²) < 4.78 is 0. The zero-order valence-corrected chi connectivity index (χ0v) is 12.4. The highest BCUT2D eigenvalue weighted by Crippen LogP contribution is 2.32. The standard InChI is InChI=1S/C14H19NO2.C2H6/c1-11-3-5-13(6-4-11)14(17)7-9-15(10-8-14)12(2)16;1-2/h3-6,17H,7-10H2,1-2H3;1-2H3. The van der Waals surface area contributed by atoms with Crippen LogP contribution in [0, 0.1) is 6.92 Å². The van der Waals surface area contributed by atoms with Gasteiger partial charge in [-0.05, 0) is 25.3 Å². The van der Waals surface area contributed by atoms with Crippen LogP contribution >= 0.6 is 0 Å². The number of aliphatic hydroxyl groups is 1. The van der Waals surface area contributed by atoms with Gasteiger partial charge in [0, 0.05) is 20.0 Å². The van der Waals surface area contributed by atoms with E-state index < -0.39 is 5.60 Å². The third-order valence-electron chi connectivity index (χ3n) is 3.62. The Morgan fingerprint density at radius 3 is 2.05 bits per heavy atom. The zero-order chi connectivity index (χ0) is 14.5. The van der Waals surface area contributed by atoms with Gasteiger partial charge in [-0.1, -0.05) is 43.7 Å². The maximum atomic E-state index is 11.2. The first kappa shape index (κ1) is 15.7. The fraction of sp³-hybridized carbons (Fsp3) is 0.562. The van der Waals surface area contributed by atoms with Crippen LogP contribution < -0.4 is 0 Å². The summed E-state index contributed by atoms with van der Waals surface area (Å²) in [6.07, 6.45) is 1.24. The molecule has 1 aromatic rings. The molecule has 0 aliphatic carbocycles. The molecular weight excluding hydrogens is 238 g/mol. The third-order valence-corrected chi connectivity index (χ3v) is 3.62. The SMILES string of the molecule is CC.CC(=O)N1CCC(O)(c2ccc(C)cc2)CC1. The molecule has 1 N–H and O–H groups in total. The number of carbonyl (C=O) groups excluding carboxylic acids is 1. The van der Waals surface area contributed by atoms with Gasteiger partial charge in [0.1, 0.15) is 0 Å². The Bertz CT molecular complexity index is 403. The minimum atomic E-state index is -0.764. The molecule has 3 nitrogen and oxygen atoms in total. The number of aryl methyl sites for hydroxylation is 1. The van der Waals surface area contributed by atoms with E-state index in [4.69, 9.17) is 0 Å². The van der Waals surface area contributed by atoms with Crippen molar-refractivity contribution in [2.75, 3.05) is 13.1 Å². The fourth-order valence-electron chi connectivity index (χ4n) is 2.34. The van der Waals surface area contributed by atoms with Crippen LogP contribution in [0.25, 0.3) is 0 Å². The molecule has 0 atom stereocenters. The molecule has 1 heterocycles. The van der Waals surface area contributed by atoms with E-state index in [9.17, 15) is 9.90 Å². The Morgan fingerprint density at radius 2 is 1.63 bits per heavy atom. The summed E-state index contributed by atoms with van der Waals surface area (Å²) in [6, 6.07) is 8.01. The van der Waals surface area contributed by atoms with Crippen LogP contribution in [0.3, 0.4) is 0 Å². The van der Waals surface area contributed by atoms with Gasteiger partial charge in [-0.3, -0.25) is 4.79 Å².